The highest BCUT2D eigenvalue weighted by atomic mass is 35.5. The molecular formula is C14H12ClF2NO2. The van der Waals surface area contributed by atoms with E-state index in [2.05, 4.69) is 5.32 Å². The van der Waals surface area contributed by atoms with E-state index in [1.54, 1.807) is 0 Å². The summed E-state index contributed by atoms with van der Waals surface area (Å²) in [6, 6.07) is 5.20. The molecule has 0 unspecified atom stereocenters. The van der Waals surface area contributed by atoms with Crippen molar-refractivity contribution in [2.45, 2.75) is 13.3 Å². The molecule has 1 aromatic carbocycles. The predicted molar refractivity (Wildman–Crippen MR) is 70.9 cm³/mol. The van der Waals surface area contributed by atoms with Gasteiger partial charge >= 0.3 is 0 Å². The zero-order chi connectivity index (χ0) is 14.7. The van der Waals surface area contributed by atoms with Crippen molar-refractivity contribution in [3.63, 3.8) is 0 Å². The summed E-state index contributed by atoms with van der Waals surface area (Å²) < 4.78 is 31.3. The van der Waals surface area contributed by atoms with Crippen molar-refractivity contribution in [1.82, 2.24) is 5.32 Å². The minimum Gasteiger partial charge on any atom is -0.466 e. The number of nitrogens with one attached hydrogen (secondary N) is 1. The van der Waals surface area contributed by atoms with E-state index in [0.717, 1.165) is 23.7 Å². The summed E-state index contributed by atoms with van der Waals surface area (Å²) >= 11 is 5.71. The number of furan rings is 1. The van der Waals surface area contributed by atoms with Gasteiger partial charge in [0.05, 0.1) is 10.6 Å². The highest BCUT2D eigenvalue weighted by Crippen LogP contribution is 2.19. The lowest BCUT2D eigenvalue weighted by Gasteiger charge is -2.06. The molecule has 0 spiro atoms. The van der Waals surface area contributed by atoms with Crippen LogP contribution in [0, 0.1) is 18.6 Å². The van der Waals surface area contributed by atoms with Gasteiger partial charge in [-0.1, -0.05) is 11.6 Å². The van der Waals surface area contributed by atoms with Gasteiger partial charge in [-0.2, -0.15) is 0 Å². The van der Waals surface area contributed by atoms with Crippen molar-refractivity contribution in [1.29, 1.82) is 0 Å². The van der Waals surface area contributed by atoms with Crippen LogP contribution in [0.3, 0.4) is 0 Å². The Kier molecular flexibility index (Phi) is 4.39. The van der Waals surface area contributed by atoms with Gasteiger partial charge in [0, 0.05) is 13.0 Å². The molecule has 1 amide bonds. The fourth-order valence-electron chi connectivity index (χ4n) is 1.71. The zero-order valence-corrected chi connectivity index (χ0v) is 11.4. The van der Waals surface area contributed by atoms with E-state index in [1.807, 2.05) is 19.1 Å². The van der Waals surface area contributed by atoms with Crippen LogP contribution in [0.25, 0.3) is 0 Å². The van der Waals surface area contributed by atoms with E-state index >= 15 is 0 Å². The predicted octanol–water partition coefficient (Wildman–Crippen LogP) is 3.49. The molecule has 0 bridgehead atoms. The molecule has 1 N–H and O–H groups in total. The van der Waals surface area contributed by atoms with Crippen LogP contribution >= 0.6 is 11.6 Å². The van der Waals surface area contributed by atoms with Crippen LogP contribution in [0.2, 0.25) is 5.02 Å². The number of halogens is 3. The van der Waals surface area contributed by atoms with E-state index in [-0.39, 0.29) is 10.6 Å². The highest BCUT2D eigenvalue weighted by molar-refractivity contribution is 6.33. The number of rotatable bonds is 4. The first-order chi connectivity index (χ1) is 9.47. The molecule has 1 aromatic heterocycles. The Balaban J connectivity index is 1.97. The van der Waals surface area contributed by atoms with Gasteiger partial charge in [0.15, 0.2) is 11.6 Å². The molecular weight excluding hydrogens is 288 g/mol. The fraction of sp³-hybridized carbons (Fsp3) is 0.214. The largest absolute Gasteiger partial charge is 0.466 e. The number of benzene rings is 1. The Morgan fingerprint density at radius 3 is 2.65 bits per heavy atom. The Labute approximate surface area is 119 Å². The topological polar surface area (TPSA) is 42.2 Å². The van der Waals surface area contributed by atoms with E-state index in [9.17, 15) is 13.6 Å². The van der Waals surface area contributed by atoms with Gasteiger partial charge in [0.2, 0.25) is 0 Å². The second-order valence-corrected chi connectivity index (χ2v) is 4.67. The molecule has 3 nitrogen and oxygen atoms in total. The van der Waals surface area contributed by atoms with Gasteiger partial charge < -0.3 is 9.73 Å². The zero-order valence-electron chi connectivity index (χ0n) is 10.7. The van der Waals surface area contributed by atoms with Gasteiger partial charge in [-0.25, -0.2) is 8.78 Å². The summed E-state index contributed by atoms with van der Waals surface area (Å²) in [4.78, 5) is 11.8. The average Bonchev–Trinajstić information content (AvgIpc) is 2.79. The first kappa shape index (κ1) is 14.5. The average molecular weight is 300 g/mol. The van der Waals surface area contributed by atoms with Gasteiger partial charge in [-0.3, -0.25) is 4.79 Å². The molecule has 20 heavy (non-hydrogen) atoms. The van der Waals surface area contributed by atoms with E-state index in [1.165, 1.54) is 0 Å². The summed E-state index contributed by atoms with van der Waals surface area (Å²) in [6.07, 6.45) is 0.501. The summed E-state index contributed by atoms with van der Waals surface area (Å²) in [7, 11) is 0. The van der Waals surface area contributed by atoms with E-state index < -0.39 is 17.5 Å². The molecule has 0 radical (unpaired) electrons. The maximum Gasteiger partial charge on any atom is 0.252 e. The maximum absolute atomic E-state index is 13.1. The first-order valence-electron chi connectivity index (χ1n) is 5.95. The summed E-state index contributed by atoms with van der Waals surface area (Å²) in [5, 5.41) is 2.44. The van der Waals surface area contributed by atoms with Crippen molar-refractivity contribution in [3.05, 3.63) is 58.0 Å². The Hall–Kier alpha value is -1.88. The van der Waals surface area contributed by atoms with Crippen LogP contribution < -0.4 is 5.32 Å². The summed E-state index contributed by atoms with van der Waals surface area (Å²) in [6.45, 7) is 2.13. The third-order valence-corrected chi connectivity index (χ3v) is 3.02. The molecule has 0 fully saturated rings. The SMILES string of the molecule is Cc1ccc(CCNC(=O)c2cc(F)c(F)cc2Cl)o1. The van der Waals surface area contributed by atoms with Crippen molar-refractivity contribution in [2.75, 3.05) is 6.54 Å². The molecule has 0 aliphatic rings. The molecule has 0 saturated carbocycles. The fourth-order valence-corrected chi connectivity index (χ4v) is 1.95. The number of aryl methyl sites for hydroxylation is 1. The Morgan fingerprint density at radius 2 is 2.00 bits per heavy atom. The van der Waals surface area contributed by atoms with Crippen molar-refractivity contribution in [3.8, 4) is 0 Å². The molecule has 0 aliphatic heterocycles. The van der Waals surface area contributed by atoms with Crippen LogP contribution in [-0.2, 0) is 6.42 Å². The molecule has 0 saturated heterocycles. The number of hydrogen-bond donors (Lipinski definition) is 1. The van der Waals surface area contributed by atoms with Crippen molar-refractivity contribution in [2.24, 2.45) is 0 Å². The summed E-state index contributed by atoms with van der Waals surface area (Å²) in [5.41, 5.74) is -0.0961. The first-order valence-corrected chi connectivity index (χ1v) is 6.33. The second kappa shape index (κ2) is 6.05. The Morgan fingerprint density at radius 1 is 1.30 bits per heavy atom. The number of carbonyl (C=O) groups excluding carboxylic acids is 1. The van der Waals surface area contributed by atoms with Crippen LogP contribution in [0.4, 0.5) is 8.78 Å². The van der Waals surface area contributed by atoms with Crippen molar-refractivity contribution >= 4 is 17.5 Å². The molecule has 1 heterocycles. The summed E-state index contributed by atoms with van der Waals surface area (Å²) in [5.74, 6) is -1.23. The quantitative estimate of drug-likeness (QED) is 0.878. The van der Waals surface area contributed by atoms with Gasteiger partial charge in [0.1, 0.15) is 11.5 Å². The third kappa shape index (κ3) is 3.36. The molecule has 0 aliphatic carbocycles. The number of amides is 1. The standard InChI is InChI=1S/C14H12ClF2NO2/c1-8-2-3-9(20-8)4-5-18-14(19)10-6-12(16)13(17)7-11(10)15/h2-3,6-7H,4-5H2,1H3,(H,18,19). The molecule has 106 valence electrons. The molecule has 0 atom stereocenters. The van der Waals surface area contributed by atoms with Crippen LogP contribution in [0.1, 0.15) is 21.9 Å². The van der Waals surface area contributed by atoms with Crippen molar-refractivity contribution < 1.29 is 18.0 Å². The lowest BCUT2D eigenvalue weighted by Crippen LogP contribution is -2.26. The molecule has 2 aromatic rings. The van der Waals surface area contributed by atoms with Crippen LogP contribution in [0.5, 0.6) is 0 Å². The van der Waals surface area contributed by atoms with Crippen LogP contribution in [-0.4, -0.2) is 12.5 Å². The van der Waals surface area contributed by atoms with Gasteiger partial charge in [-0.15, -0.1) is 0 Å². The lowest BCUT2D eigenvalue weighted by molar-refractivity contribution is 0.0953. The molecule has 6 heteroatoms. The number of hydrogen-bond acceptors (Lipinski definition) is 2. The van der Waals surface area contributed by atoms with E-state index in [4.69, 9.17) is 16.0 Å². The van der Waals surface area contributed by atoms with Gasteiger partial charge in [0.25, 0.3) is 5.91 Å². The van der Waals surface area contributed by atoms with Crippen LogP contribution in [0.15, 0.2) is 28.7 Å². The lowest BCUT2D eigenvalue weighted by atomic mass is 10.2. The normalized spacial score (nSPS) is 10.6. The minimum absolute atomic E-state index is 0.0961. The minimum atomic E-state index is -1.11. The molecule has 2 rings (SSSR count). The third-order valence-electron chi connectivity index (χ3n) is 2.71. The monoisotopic (exact) mass is 299 g/mol. The van der Waals surface area contributed by atoms with E-state index in [0.29, 0.717) is 13.0 Å². The highest BCUT2D eigenvalue weighted by Gasteiger charge is 2.14. The van der Waals surface area contributed by atoms with Gasteiger partial charge in [-0.05, 0) is 31.2 Å². The Bertz CT molecular complexity index is 640. The second-order valence-electron chi connectivity index (χ2n) is 4.26. The smallest absolute Gasteiger partial charge is 0.252 e. The maximum atomic E-state index is 13.1. The number of carbonyl (C=O) groups is 1.